The van der Waals surface area contributed by atoms with Gasteiger partial charge in [0.2, 0.25) is 0 Å². The van der Waals surface area contributed by atoms with Gasteiger partial charge in [0.15, 0.2) is 0 Å². The summed E-state index contributed by atoms with van der Waals surface area (Å²) in [6.45, 7) is 2.38. The molecule has 4 heteroatoms. The van der Waals surface area contributed by atoms with Gasteiger partial charge in [0, 0.05) is 12.1 Å². The first-order chi connectivity index (χ1) is 7.10. The quantitative estimate of drug-likeness (QED) is 0.739. The molecule has 1 aromatic carbocycles. The second-order valence-corrected chi connectivity index (χ2v) is 3.85. The normalized spacial score (nSPS) is 12.8. The van der Waals surface area contributed by atoms with Crippen LogP contribution in [0, 0.1) is 0 Å². The van der Waals surface area contributed by atoms with Crippen LogP contribution in [-0.4, -0.2) is 23.8 Å². The van der Waals surface area contributed by atoms with Crippen LogP contribution in [-0.2, 0) is 6.42 Å². The summed E-state index contributed by atoms with van der Waals surface area (Å²) >= 11 is 5.86. The molecule has 15 heavy (non-hydrogen) atoms. The van der Waals surface area contributed by atoms with E-state index in [2.05, 4.69) is 5.32 Å². The number of aliphatic hydroxyl groups excluding tert-OH is 1. The van der Waals surface area contributed by atoms with Gasteiger partial charge in [0.05, 0.1) is 11.1 Å². The van der Waals surface area contributed by atoms with Gasteiger partial charge in [-0.2, -0.15) is 0 Å². The third-order valence-corrected chi connectivity index (χ3v) is 2.61. The molecule has 0 amide bonds. The maximum absolute atomic E-state index is 9.76. The number of rotatable bonds is 4. The highest BCUT2D eigenvalue weighted by molar-refractivity contribution is 6.32. The smallest absolute Gasteiger partial charge is 0.140 e. The zero-order valence-corrected chi connectivity index (χ0v) is 9.67. The second kappa shape index (κ2) is 5.35. The van der Waals surface area contributed by atoms with Crippen LogP contribution in [0.1, 0.15) is 24.2 Å². The maximum Gasteiger partial charge on any atom is 0.140 e. The van der Waals surface area contributed by atoms with E-state index in [1.165, 1.54) is 0 Å². The second-order valence-electron chi connectivity index (χ2n) is 3.44. The first-order valence-corrected chi connectivity index (χ1v) is 5.31. The third-order valence-electron chi connectivity index (χ3n) is 2.32. The van der Waals surface area contributed by atoms with Gasteiger partial charge in [-0.25, -0.2) is 0 Å². The molecule has 1 aromatic rings. The molecule has 0 radical (unpaired) electrons. The van der Waals surface area contributed by atoms with Gasteiger partial charge >= 0.3 is 0 Å². The SMILES string of the molecule is CCc1cc(Cl)c(O)c(C(O)CNC)c1. The van der Waals surface area contributed by atoms with Gasteiger partial charge in [-0.15, -0.1) is 0 Å². The molecule has 3 N–H and O–H groups in total. The summed E-state index contributed by atoms with van der Waals surface area (Å²) in [4.78, 5) is 0. The molecule has 0 aromatic heterocycles. The minimum absolute atomic E-state index is 0.0309. The van der Waals surface area contributed by atoms with Crippen molar-refractivity contribution in [2.45, 2.75) is 19.4 Å². The Hall–Kier alpha value is -0.770. The van der Waals surface area contributed by atoms with E-state index >= 15 is 0 Å². The highest BCUT2D eigenvalue weighted by Gasteiger charge is 2.15. The first-order valence-electron chi connectivity index (χ1n) is 4.94. The number of halogens is 1. The largest absolute Gasteiger partial charge is 0.506 e. The predicted molar refractivity (Wildman–Crippen MR) is 61.4 cm³/mol. The predicted octanol–water partition coefficient (Wildman–Crippen LogP) is 1.86. The number of aromatic hydroxyl groups is 1. The van der Waals surface area contributed by atoms with E-state index in [1.54, 1.807) is 19.2 Å². The Kier molecular flexibility index (Phi) is 4.39. The van der Waals surface area contributed by atoms with Crippen LogP contribution in [0.25, 0.3) is 0 Å². The van der Waals surface area contributed by atoms with E-state index in [1.807, 2.05) is 6.92 Å². The average molecular weight is 230 g/mol. The number of phenolic OH excluding ortho intramolecular Hbond substituents is 1. The molecule has 0 aliphatic rings. The fraction of sp³-hybridized carbons (Fsp3) is 0.455. The van der Waals surface area contributed by atoms with E-state index in [0.29, 0.717) is 17.1 Å². The third kappa shape index (κ3) is 2.84. The number of likely N-dealkylation sites (N-methyl/N-ethyl adjacent to an activating group) is 1. The minimum Gasteiger partial charge on any atom is -0.506 e. The van der Waals surface area contributed by atoms with Crippen LogP contribution >= 0.6 is 11.6 Å². The fourth-order valence-electron chi connectivity index (χ4n) is 1.44. The Balaban J connectivity index is 3.09. The van der Waals surface area contributed by atoms with Crippen molar-refractivity contribution in [1.82, 2.24) is 5.32 Å². The number of nitrogens with one attached hydrogen (secondary N) is 1. The number of phenols is 1. The van der Waals surface area contributed by atoms with Gasteiger partial charge in [0.1, 0.15) is 5.75 Å². The minimum atomic E-state index is -0.737. The summed E-state index contributed by atoms with van der Waals surface area (Å²) in [7, 11) is 1.74. The van der Waals surface area contributed by atoms with Crippen LogP contribution in [0.5, 0.6) is 5.75 Å². The van der Waals surface area contributed by atoms with E-state index in [0.717, 1.165) is 12.0 Å². The van der Waals surface area contributed by atoms with Crippen molar-refractivity contribution in [2.24, 2.45) is 0 Å². The lowest BCUT2D eigenvalue weighted by molar-refractivity contribution is 0.174. The number of aliphatic hydroxyl groups is 1. The Bertz CT molecular complexity index is 342. The molecule has 1 atom stereocenters. The van der Waals surface area contributed by atoms with Crippen LogP contribution < -0.4 is 5.32 Å². The van der Waals surface area contributed by atoms with Gasteiger partial charge in [-0.1, -0.05) is 18.5 Å². The van der Waals surface area contributed by atoms with E-state index in [9.17, 15) is 10.2 Å². The van der Waals surface area contributed by atoms with E-state index in [-0.39, 0.29) is 5.75 Å². The molecule has 3 nitrogen and oxygen atoms in total. The molecule has 0 heterocycles. The summed E-state index contributed by atoms with van der Waals surface area (Å²) in [6, 6.07) is 3.50. The monoisotopic (exact) mass is 229 g/mol. The summed E-state index contributed by atoms with van der Waals surface area (Å²) in [5.41, 5.74) is 1.48. The van der Waals surface area contributed by atoms with Crippen molar-refractivity contribution in [3.63, 3.8) is 0 Å². The molecule has 0 saturated carbocycles. The first kappa shape index (κ1) is 12.3. The summed E-state index contributed by atoms with van der Waals surface area (Å²) in [5.74, 6) is -0.0309. The summed E-state index contributed by atoms with van der Waals surface area (Å²) < 4.78 is 0. The summed E-state index contributed by atoms with van der Waals surface area (Å²) in [6.07, 6.45) is 0.0817. The molecular formula is C11H16ClNO2. The number of aryl methyl sites for hydroxylation is 1. The van der Waals surface area contributed by atoms with Crippen molar-refractivity contribution < 1.29 is 10.2 Å². The molecule has 1 unspecified atom stereocenters. The summed E-state index contributed by atoms with van der Waals surface area (Å²) in [5, 5.41) is 22.6. The molecule has 0 aliphatic heterocycles. The Morgan fingerprint density at radius 2 is 2.13 bits per heavy atom. The number of hydrogen-bond donors (Lipinski definition) is 3. The Morgan fingerprint density at radius 3 is 2.67 bits per heavy atom. The zero-order valence-electron chi connectivity index (χ0n) is 8.92. The lowest BCUT2D eigenvalue weighted by atomic mass is 10.0. The van der Waals surface area contributed by atoms with Crippen LogP contribution in [0.3, 0.4) is 0 Å². The number of hydrogen-bond acceptors (Lipinski definition) is 3. The van der Waals surface area contributed by atoms with Crippen LogP contribution in [0.2, 0.25) is 5.02 Å². The highest BCUT2D eigenvalue weighted by Crippen LogP contribution is 2.33. The van der Waals surface area contributed by atoms with Crippen molar-refractivity contribution in [2.75, 3.05) is 13.6 Å². The highest BCUT2D eigenvalue weighted by atomic mass is 35.5. The Morgan fingerprint density at radius 1 is 1.47 bits per heavy atom. The lowest BCUT2D eigenvalue weighted by Crippen LogP contribution is -2.17. The molecule has 1 rings (SSSR count). The van der Waals surface area contributed by atoms with Gasteiger partial charge in [-0.05, 0) is 31.2 Å². The van der Waals surface area contributed by atoms with Crippen molar-refractivity contribution >= 4 is 11.6 Å². The fourth-order valence-corrected chi connectivity index (χ4v) is 1.69. The molecule has 0 spiro atoms. The standard InChI is InChI=1S/C11H16ClNO2/c1-3-7-4-8(10(14)6-13-2)11(15)9(12)5-7/h4-5,10,13-15H,3,6H2,1-2H3. The number of benzene rings is 1. The lowest BCUT2D eigenvalue weighted by Gasteiger charge is -2.14. The molecule has 84 valence electrons. The van der Waals surface area contributed by atoms with Gasteiger partial charge in [0.25, 0.3) is 0 Å². The van der Waals surface area contributed by atoms with Gasteiger partial charge < -0.3 is 15.5 Å². The van der Waals surface area contributed by atoms with Gasteiger partial charge in [-0.3, -0.25) is 0 Å². The van der Waals surface area contributed by atoms with Crippen molar-refractivity contribution in [1.29, 1.82) is 0 Å². The van der Waals surface area contributed by atoms with Crippen LogP contribution in [0.4, 0.5) is 0 Å². The molecule has 0 saturated heterocycles. The van der Waals surface area contributed by atoms with Crippen LogP contribution in [0.15, 0.2) is 12.1 Å². The zero-order chi connectivity index (χ0) is 11.4. The van der Waals surface area contributed by atoms with Crippen molar-refractivity contribution in [3.05, 3.63) is 28.3 Å². The molecule has 0 aliphatic carbocycles. The molecule has 0 fully saturated rings. The van der Waals surface area contributed by atoms with Crippen molar-refractivity contribution in [3.8, 4) is 5.75 Å². The Labute approximate surface area is 94.7 Å². The average Bonchev–Trinajstić information content (AvgIpc) is 2.22. The topological polar surface area (TPSA) is 52.5 Å². The molecule has 0 bridgehead atoms. The maximum atomic E-state index is 9.76. The molecular weight excluding hydrogens is 214 g/mol. The van der Waals surface area contributed by atoms with E-state index < -0.39 is 6.10 Å². The van der Waals surface area contributed by atoms with E-state index in [4.69, 9.17) is 11.6 Å².